The van der Waals surface area contributed by atoms with Crippen molar-refractivity contribution in [3.05, 3.63) is 23.8 Å². The molecule has 0 rings (SSSR count). The number of aliphatic hydroxyl groups excluding tert-OH is 1. The van der Waals surface area contributed by atoms with Crippen LogP contribution in [0.3, 0.4) is 0 Å². The molecular weight excluding hydrogens is 172 g/mol. The second-order valence-corrected chi connectivity index (χ2v) is 4.11. The molecule has 0 bridgehead atoms. The summed E-state index contributed by atoms with van der Waals surface area (Å²) in [5.41, 5.74) is 1.24. The van der Waals surface area contributed by atoms with Crippen LogP contribution in [-0.2, 0) is 0 Å². The van der Waals surface area contributed by atoms with Gasteiger partial charge in [-0.1, -0.05) is 51.0 Å². The minimum atomic E-state index is 0.153. The zero-order chi connectivity index (χ0) is 11.0. The van der Waals surface area contributed by atoms with E-state index in [1.807, 2.05) is 6.08 Å². The summed E-state index contributed by atoms with van der Waals surface area (Å²) in [4.78, 5) is 0. The van der Waals surface area contributed by atoms with Crippen LogP contribution in [0, 0.1) is 11.8 Å². The molecule has 1 heteroatoms. The van der Waals surface area contributed by atoms with Crippen LogP contribution in [-0.4, -0.2) is 11.7 Å². The molecule has 0 aromatic carbocycles. The average Bonchev–Trinajstić information content (AvgIpc) is 2.16. The van der Waals surface area contributed by atoms with Crippen molar-refractivity contribution in [3.8, 4) is 0 Å². The van der Waals surface area contributed by atoms with Crippen LogP contribution in [0.15, 0.2) is 23.8 Å². The van der Waals surface area contributed by atoms with Crippen molar-refractivity contribution in [1.82, 2.24) is 0 Å². The van der Waals surface area contributed by atoms with E-state index in [1.54, 1.807) is 0 Å². The Morgan fingerprint density at radius 2 is 2.00 bits per heavy atom. The van der Waals surface area contributed by atoms with Crippen molar-refractivity contribution in [1.29, 1.82) is 0 Å². The number of aliphatic hydroxyl groups is 1. The molecule has 0 spiro atoms. The zero-order valence-electron chi connectivity index (χ0n) is 9.96. The van der Waals surface area contributed by atoms with Crippen molar-refractivity contribution >= 4 is 0 Å². The Kier molecular flexibility index (Phi) is 7.50. The lowest BCUT2D eigenvalue weighted by molar-refractivity contribution is 0.341. The van der Waals surface area contributed by atoms with Crippen molar-refractivity contribution in [2.24, 2.45) is 11.8 Å². The summed E-state index contributed by atoms with van der Waals surface area (Å²) < 4.78 is 0. The normalized spacial score (nSPS) is 17.4. The second-order valence-electron chi connectivity index (χ2n) is 4.11. The topological polar surface area (TPSA) is 20.2 Å². The fraction of sp³-hybridized carbons (Fsp3) is 0.692. The monoisotopic (exact) mass is 196 g/mol. The average molecular weight is 196 g/mol. The van der Waals surface area contributed by atoms with E-state index in [1.165, 1.54) is 12.0 Å². The SMILES string of the molecule is CC[C@H](C)[C@@H](C)/C=C/C/C(C)=C/CO. The third-order valence-corrected chi connectivity index (χ3v) is 2.86. The van der Waals surface area contributed by atoms with E-state index >= 15 is 0 Å². The first-order valence-electron chi connectivity index (χ1n) is 5.55. The summed E-state index contributed by atoms with van der Waals surface area (Å²) in [6, 6.07) is 0. The lowest BCUT2D eigenvalue weighted by Crippen LogP contribution is -2.02. The molecule has 1 N–H and O–H groups in total. The van der Waals surface area contributed by atoms with Gasteiger partial charge in [-0.3, -0.25) is 0 Å². The number of allylic oxidation sites excluding steroid dienone is 3. The zero-order valence-corrected chi connectivity index (χ0v) is 9.96. The molecule has 0 unspecified atom stereocenters. The first kappa shape index (κ1) is 13.4. The van der Waals surface area contributed by atoms with E-state index < -0.39 is 0 Å². The minimum Gasteiger partial charge on any atom is -0.392 e. The molecule has 0 saturated carbocycles. The van der Waals surface area contributed by atoms with Gasteiger partial charge in [0, 0.05) is 0 Å². The standard InChI is InChI=1S/C13H24O/c1-5-12(3)13(4)8-6-7-11(2)9-10-14/h6,8-9,12-14H,5,7,10H2,1-4H3/b8-6+,11-9+/t12-,13-/m0/s1. The lowest BCUT2D eigenvalue weighted by atomic mass is 9.93. The molecular formula is C13H24O. The first-order valence-corrected chi connectivity index (χ1v) is 5.55. The summed E-state index contributed by atoms with van der Waals surface area (Å²) in [6.45, 7) is 8.97. The van der Waals surface area contributed by atoms with Crippen LogP contribution in [0.2, 0.25) is 0 Å². The molecule has 0 saturated heterocycles. The number of hydrogen-bond acceptors (Lipinski definition) is 1. The molecule has 0 aromatic rings. The van der Waals surface area contributed by atoms with Crippen LogP contribution in [0.1, 0.15) is 40.5 Å². The molecule has 1 nitrogen and oxygen atoms in total. The Balaban J connectivity index is 3.88. The van der Waals surface area contributed by atoms with Crippen molar-refractivity contribution in [2.45, 2.75) is 40.5 Å². The van der Waals surface area contributed by atoms with Crippen LogP contribution in [0.4, 0.5) is 0 Å². The van der Waals surface area contributed by atoms with Gasteiger partial charge in [-0.05, 0) is 25.2 Å². The van der Waals surface area contributed by atoms with Crippen LogP contribution in [0.5, 0.6) is 0 Å². The maximum Gasteiger partial charge on any atom is 0.0615 e. The molecule has 0 aliphatic heterocycles. The summed E-state index contributed by atoms with van der Waals surface area (Å²) in [6.07, 6.45) is 8.54. The van der Waals surface area contributed by atoms with Gasteiger partial charge < -0.3 is 5.11 Å². The fourth-order valence-corrected chi connectivity index (χ4v) is 1.27. The maximum absolute atomic E-state index is 8.67. The Morgan fingerprint density at radius 3 is 2.50 bits per heavy atom. The smallest absolute Gasteiger partial charge is 0.0615 e. The fourth-order valence-electron chi connectivity index (χ4n) is 1.27. The molecule has 0 aliphatic carbocycles. The van der Waals surface area contributed by atoms with Gasteiger partial charge in [-0.15, -0.1) is 0 Å². The Bertz CT molecular complexity index is 191. The third kappa shape index (κ3) is 5.98. The number of hydrogen-bond donors (Lipinski definition) is 1. The van der Waals surface area contributed by atoms with Crippen molar-refractivity contribution in [3.63, 3.8) is 0 Å². The Hall–Kier alpha value is -0.560. The van der Waals surface area contributed by atoms with E-state index in [0.717, 1.165) is 12.3 Å². The largest absolute Gasteiger partial charge is 0.392 e. The predicted octanol–water partition coefficient (Wildman–Crippen LogP) is 3.55. The van der Waals surface area contributed by atoms with Gasteiger partial charge in [-0.2, -0.15) is 0 Å². The van der Waals surface area contributed by atoms with Gasteiger partial charge in [0.25, 0.3) is 0 Å². The molecule has 0 radical (unpaired) electrons. The molecule has 2 atom stereocenters. The van der Waals surface area contributed by atoms with E-state index in [2.05, 4.69) is 39.8 Å². The van der Waals surface area contributed by atoms with E-state index in [4.69, 9.17) is 5.11 Å². The van der Waals surface area contributed by atoms with Crippen molar-refractivity contribution < 1.29 is 5.11 Å². The molecule has 0 aromatic heterocycles. The predicted molar refractivity (Wildman–Crippen MR) is 63.2 cm³/mol. The van der Waals surface area contributed by atoms with Gasteiger partial charge in [0.2, 0.25) is 0 Å². The highest BCUT2D eigenvalue weighted by atomic mass is 16.2. The summed E-state index contributed by atoms with van der Waals surface area (Å²) in [7, 11) is 0. The summed E-state index contributed by atoms with van der Waals surface area (Å²) >= 11 is 0. The third-order valence-electron chi connectivity index (χ3n) is 2.86. The molecule has 14 heavy (non-hydrogen) atoms. The van der Waals surface area contributed by atoms with Gasteiger partial charge >= 0.3 is 0 Å². The molecule has 0 heterocycles. The molecule has 82 valence electrons. The van der Waals surface area contributed by atoms with Gasteiger partial charge in [0.15, 0.2) is 0 Å². The lowest BCUT2D eigenvalue weighted by Gasteiger charge is -2.13. The van der Waals surface area contributed by atoms with E-state index in [9.17, 15) is 0 Å². The highest BCUT2D eigenvalue weighted by molar-refractivity contribution is 5.05. The van der Waals surface area contributed by atoms with Crippen molar-refractivity contribution in [2.75, 3.05) is 6.61 Å². The van der Waals surface area contributed by atoms with Gasteiger partial charge in [0.05, 0.1) is 6.61 Å². The molecule has 0 aliphatic rings. The Labute approximate surface area is 88.5 Å². The van der Waals surface area contributed by atoms with Crippen LogP contribution in [0.25, 0.3) is 0 Å². The minimum absolute atomic E-state index is 0.153. The number of rotatable bonds is 6. The summed E-state index contributed by atoms with van der Waals surface area (Å²) in [5, 5.41) is 8.67. The quantitative estimate of drug-likeness (QED) is 0.644. The van der Waals surface area contributed by atoms with Gasteiger partial charge in [-0.25, -0.2) is 0 Å². The highest BCUT2D eigenvalue weighted by Crippen LogP contribution is 2.16. The molecule has 0 amide bonds. The van der Waals surface area contributed by atoms with Crippen LogP contribution < -0.4 is 0 Å². The molecule has 0 fully saturated rings. The second kappa shape index (κ2) is 7.81. The van der Waals surface area contributed by atoms with Gasteiger partial charge in [0.1, 0.15) is 0 Å². The Morgan fingerprint density at radius 1 is 1.36 bits per heavy atom. The summed E-state index contributed by atoms with van der Waals surface area (Å²) in [5.74, 6) is 1.41. The van der Waals surface area contributed by atoms with E-state index in [-0.39, 0.29) is 6.61 Å². The maximum atomic E-state index is 8.67. The van der Waals surface area contributed by atoms with E-state index in [0.29, 0.717) is 5.92 Å². The van der Waals surface area contributed by atoms with Crippen LogP contribution >= 0.6 is 0 Å². The first-order chi connectivity index (χ1) is 6.61. The highest BCUT2D eigenvalue weighted by Gasteiger charge is 2.05.